The molecule has 0 bridgehead atoms. The highest BCUT2D eigenvalue weighted by Crippen LogP contribution is 2.27. The van der Waals surface area contributed by atoms with Crippen molar-refractivity contribution in [1.29, 1.82) is 0 Å². The summed E-state index contributed by atoms with van der Waals surface area (Å²) in [6.45, 7) is 4.95. The van der Waals surface area contributed by atoms with E-state index in [1.807, 2.05) is 38.1 Å². The van der Waals surface area contributed by atoms with Crippen LogP contribution < -0.4 is 0 Å². The van der Waals surface area contributed by atoms with Crippen LogP contribution in [0, 0.1) is 0 Å². The molecule has 1 aromatic heterocycles. The normalized spacial score (nSPS) is 11.6. The number of benzene rings is 1. The minimum Gasteiger partial charge on any atom is -0.456 e. The van der Waals surface area contributed by atoms with Crippen LogP contribution in [0.25, 0.3) is 11.0 Å². The second kappa shape index (κ2) is 6.00. The summed E-state index contributed by atoms with van der Waals surface area (Å²) in [5, 5.41) is 10.1. The summed E-state index contributed by atoms with van der Waals surface area (Å²) in [4.78, 5) is 0. The van der Waals surface area contributed by atoms with Gasteiger partial charge in [0.2, 0.25) is 6.29 Å². The Morgan fingerprint density at radius 1 is 1.17 bits per heavy atom. The summed E-state index contributed by atoms with van der Waals surface area (Å²) in [6.07, 6.45) is -0.468. The third-order valence-corrected chi connectivity index (χ3v) is 2.65. The Bertz CT molecular complexity index is 497. The van der Waals surface area contributed by atoms with E-state index in [0.29, 0.717) is 19.0 Å². The van der Waals surface area contributed by atoms with Crippen LogP contribution in [0.4, 0.5) is 0 Å². The summed E-state index contributed by atoms with van der Waals surface area (Å²) >= 11 is 0. The van der Waals surface area contributed by atoms with Gasteiger partial charge in [-0.05, 0) is 31.5 Å². The first kappa shape index (κ1) is 13.1. The summed E-state index contributed by atoms with van der Waals surface area (Å²) < 4.78 is 16.7. The van der Waals surface area contributed by atoms with Gasteiger partial charge in [-0.1, -0.05) is 12.1 Å². The van der Waals surface area contributed by atoms with Crippen molar-refractivity contribution in [3.63, 3.8) is 0 Å². The Hall–Kier alpha value is -1.36. The van der Waals surface area contributed by atoms with E-state index in [0.717, 1.165) is 16.5 Å². The predicted molar refractivity (Wildman–Crippen MR) is 68.1 cm³/mol. The van der Waals surface area contributed by atoms with Gasteiger partial charge in [-0.25, -0.2) is 0 Å². The molecule has 0 aliphatic heterocycles. The lowest BCUT2D eigenvalue weighted by molar-refractivity contribution is -0.150. The largest absolute Gasteiger partial charge is 0.456 e. The number of ether oxygens (including phenoxy) is 2. The third kappa shape index (κ3) is 2.72. The Kier molecular flexibility index (Phi) is 4.36. The summed E-state index contributed by atoms with van der Waals surface area (Å²) in [5.74, 6) is 0.656. The van der Waals surface area contributed by atoms with E-state index in [4.69, 9.17) is 19.0 Å². The van der Waals surface area contributed by atoms with Crippen LogP contribution in [0.3, 0.4) is 0 Å². The first-order valence-corrected chi connectivity index (χ1v) is 6.15. The molecular weight excluding hydrogens is 232 g/mol. The van der Waals surface area contributed by atoms with Crippen molar-refractivity contribution in [3.05, 3.63) is 35.6 Å². The molecule has 98 valence electrons. The monoisotopic (exact) mass is 250 g/mol. The molecule has 2 aromatic rings. The van der Waals surface area contributed by atoms with Crippen LogP contribution >= 0.6 is 0 Å². The second-order valence-corrected chi connectivity index (χ2v) is 3.92. The standard InChI is InChI=1S/C14H18O4/c1-3-16-14(17-4-2)13-8-11-6-5-10(9-15)7-12(11)18-13/h5-8,14-15H,3-4,9H2,1-2H3. The molecule has 0 spiro atoms. The zero-order valence-corrected chi connectivity index (χ0v) is 10.7. The molecule has 0 amide bonds. The molecule has 1 heterocycles. The first-order chi connectivity index (χ1) is 8.78. The summed E-state index contributed by atoms with van der Waals surface area (Å²) in [7, 11) is 0. The number of rotatable bonds is 6. The van der Waals surface area contributed by atoms with Crippen molar-refractivity contribution in [2.45, 2.75) is 26.7 Å². The van der Waals surface area contributed by atoms with Crippen LogP contribution in [0.2, 0.25) is 0 Å². The van der Waals surface area contributed by atoms with Crippen LogP contribution in [0.15, 0.2) is 28.7 Å². The topological polar surface area (TPSA) is 51.8 Å². The maximum absolute atomic E-state index is 9.09. The number of hydrogen-bond donors (Lipinski definition) is 1. The summed E-state index contributed by atoms with van der Waals surface area (Å²) in [5.41, 5.74) is 1.56. The van der Waals surface area contributed by atoms with Gasteiger partial charge >= 0.3 is 0 Å². The van der Waals surface area contributed by atoms with Gasteiger partial charge < -0.3 is 19.0 Å². The lowest BCUT2D eigenvalue weighted by atomic mass is 10.2. The smallest absolute Gasteiger partial charge is 0.217 e. The average molecular weight is 250 g/mol. The van der Waals surface area contributed by atoms with Crippen LogP contribution in [0.5, 0.6) is 0 Å². The lowest BCUT2D eigenvalue weighted by Crippen LogP contribution is -2.07. The maximum atomic E-state index is 9.09. The molecule has 0 aliphatic rings. The van der Waals surface area contributed by atoms with E-state index in [2.05, 4.69) is 0 Å². The van der Waals surface area contributed by atoms with Crippen molar-refractivity contribution >= 4 is 11.0 Å². The molecule has 1 aromatic carbocycles. The van der Waals surface area contributed by atoms with E-state index in [1.165, 1.54) is 0 Å². The minimum absolute atomic E-state index is 0.00627. The zero-order valence-electron chi connectivity index (χ0n) is 10.7. The number of aliphatic hydroxyl groups is 1. The Morgan fingerprint density at radius 3 is 2.50 bits per heavy atom. The molecule has 0 radical (unpaired) electrons. The van der Waals surface area contributed by atoms with Crippen molar-refractivity contribution in [3.8, 4) is 0 Å². The highest BCUT2D eigenvalue weighted by atomic mass is 16.7. The zero-order chi connectivity index (χ0) is 13.0. The number of aliphatic hydroxyl groups excluding tert-OH is 1. The molecule has 18 heavy (non-hydrogen) atoms. The molecule has 0 saturated heterocycles. The van der Waals surface area contributed by atoms with Gasteiger partial charge in [-0.15, -0.1) is 0 Å². The van der Waals surface area contributed by atoms with E-state index < -0.39 is 6.29 Å². The highest BCUT2D eigenvalue weighted by molar-refractivity contribution is 5.78. The molecular formula is C14H18O4. The van der Waals surface area contributed by atoms with Crippen LogP contribution in [0.1, 0.15) is 31.5 Å². The van der Waals surface area contributed by atoms with E-state index in [-0.39, 0.29) is 6.61 Å². The Labute approximate surface area is 106 Å². The number of furan rings is 1. The fourth-order valence-electron chi connectivity index (χ4n) is 1.83. The molecule has 0 aliphatic carbocycles. The molecule has 2 rings (SSSR count). The van der Waals surface area contributed by atoms with Gasteiger partial charge in [0, 0.05) is 18.6 Å². The molecule has 0 saturated carbocycles. The van der Waals surface area contributed by atoms with Gasteiger partial charge in [0.25, 0.3) is 0 Å². The minimum atomic E-state index is -0.468. The van der Waals surface area contributed by atoms with Crippen molar-refractivity contribution in [2.75, 3.05) is 13.2 Å². The predicted octanol–water partition coefficient (Wildman–Crippen LogP) is 3.00. The van der Waals surface area contributed by atoms with Crippen molar-refractivity contribution in [2.24, 2.45) is 0 Å². The van der Waals surface area contributed by atoms with E-state index in [1.54, 1.807) is 0 Å². The number of fused-ring (bicyclic) bond motifs is 1. The fraction of sp³-hybridized carbons (Fsp3) is 0.429. The number of hydrogen-bond acceptors (Lipinski definition) is 4. The fourth-order valence-corrected chi connectivity index (χ4v) is 1.83. The molecule has 1 N–H and O–H groups in total. The van der Waals surface area contributed by atoms with Crippen LogP contribution in [-0.2, 0) is 16.1 Å². The molecule has 4 heteroatoms. The van der Waals surface area contributed by atoms with Crippen molar-refractivity contribution < 1.29 is 19.0 Å². The molecule has 0 atom stereocenters. The van der Waals surface area contributed by atoms with E-state index in [9.17, 15) is 0 Å². The molecule has 0 fully saturated rings. The highest BCUT2D eigenvalue weighted by Gasteiger charge is 2.16. The van der Waals surface area contributed by atoms with Crippen LogP contribution in [-0.4, -0.2) is 18.3 Å². The molecule has 4 nitrogen and oxygen atoms in total. The quantitative estimate of drug-likeness (QED) is 0.801. The third-order valence-electron chi connectivity index (χ3n) is 2.65. The lowest BCUT2D eigenvalue weighted by Gasteiger charge is -2.13. The molecule has 0 unspecified atom stereocenters. The average Bonchev–Trinajstić information content (AvgIpc) is 2.81. The van der Waals surface area contributed by atoms with E-state index >= 15 is 0 Å². The van der Waals surface area contributed by atoms with Gasteiger partial charge in [-0.3, -0.25) is 0 Å². The second-order valence-electron chi connectivity index (χ2n) is 3.92. The van der Waals surface area contributed by atoms with Crippen molar-refractivity contribution in [1.82, 2.24) is 0 Å². The van der Waals surface area contributed by atoms with Gasteiger partial charge in [-0.2, -0.15) is 0 Å². The Balaban J connectivity index is 2.32. The SMILES string of the molecule is CCOC(OCC)c1cc2ccc(CO)cc2o1. The van der Waals surface area contributed by atoms with Gasteiger partial charge in [0.15, 0.2) is 5.76 Å². The van der Waals surface area contributed by atoms with Gasteiger partial charge in [0.05, 0.1) is 6.61 Å². The maximum Gasteiger partial charge on any atom is 0.217 e. The first-order valence-electron chi connectivity index (χ1n) is 6.15. The van der Waals surface area contributed by atoms with Gasteiger partial charge in [0.1, 0.15) is 5.58 Å². The summed E-state index contributed by atoms with van der Waals surface area (Å²) in [6, 6.07) is 7.53. The Morgan fingerprint density at radius 2 is 1.89 bits per heavy atom.